The summed E-state index contributed by atoms with van der Waals surface area (Å²) in [4.78, 5) is 0. The molecule has 0 aromatic carbocycles. The molecule has 0 amide bonds. The van der Waals surface area contributed by atoms with Crippen molar-refractivity contribution in [1.29, 1.82) is 0 Å². The van der Waals surface area contributed by atoms with E-state index in [0.29, 0.717) is 6.04 Å². The fourth-order valence-corrected chi connectivity index (χ4v) is 33.3. The van der Waals surface area contributed by atoms with E-state index in [2.05, 4.69) is 6.55 Å². The van der Waals surface area contributed by atoms with E-state index in [1.165, 1.54) is 0 Å². The van der Waals surface area contributed by atoms with Gasteiger partial charge < -0.3 is 26.9 Å². The number of ether oxygens (including phenoxy) is 1. The van der Waals surface area contributed by atoms with Crippen LogP contribution in [0.2, 0.25) is 19.1 Å². The van der Waals surface area contributed by atoms with Gasteiger partial charge in [0.15, 0.2) is 5.79 Å². The van der Waals surface area contributed by atoms with E-state index < -0.39 is 29.3 Å². The maximum Gasteiger partial charge on any atom is 0.394 e. The van der Waals surface area contributed by atoms with Crippen LogP contribution in [0.1, 0.15) is 6.92 Å². The Kier molecular flexibility index (Phi) is 5.20. The molecule has 0 aromatic rings. The van der Waals surface area contributed by atoms with Crippen molar-refractivity contribution in [2.75, 3.05) is 35.5 Å². The third-order valence-electron chi connectivity index (χ3n) is 4.21. The van der Waals surface area contributed by atoms with Gasteiger partial charge in [0.25, 0.3) is 0 Å². The van der Waals surface area contributed by atoms with Crippen LogP contribution >= 0.6 is 0 Å². The molecular formula is C10H26O6Si3. The third kappa shape index (κ3) is 2.40. The molecule has 0 saturated carbocycles. The zero-order valence-corrected chi connectivity index (χ0v) is 16.2. The maximum absolute atomic E-state index is 6.22. The van der Waals surface area contributed by atoms with Crippen LogP contribution < -0.4 is 0 Å². The summed E-state index contributed by atoms with van der Waals surface area (Å²) in [6.45, 7) is 6.02. The van der Waals surface area contributed by atoms with Crippen LogP contribution in [0, 0.1) is 0 Å². The molecule has 9 heteroatoms. The molecule has 114 valence electrons. The molecule has 0 spiro atoms. The Bertz CT molecular complexity index is 304. The lowest BCUT2D eigenvalue weighted by atomic mass is 10.4. The number of methoxy groups -OCH3 is 1. The lowest BCUT2D eigenvalue weighted by Gasteiger charge is -2.55. The van der Waals surface area contributed by atoms with Crippen LogP contribution in [0.15, 0.2) is 0 Å². The molecule has 0 N–H and O–H groups in total. The van der Waals surface area contributed by atoms with Gasteiger partial charge in [-0.1, -0.05) is 0 Å². The minimum absolute atomic E-state index is 0.660. The van der Waals surface area contributed by atoms with E-state index in [4.69, 9.17) is 26.9 Å². The van der Waals surface area contributed by atoms with Crippen molar-refractivity contribution in [2.24, 2.45) is 0 Å². The zero-order valence-electron chi connectivity index (χ0n) is 13.2. The zero-order chi connectivity index (χ0) is 14.9. The van der Waals surface area contributed by atoms with Crippen LogP contribution in [0.5, 0.6) is 0 Å². The monoisotopic (exact) mass is 326 g/mol. The van der Waals surface area contributed by atoms with E-state index in [1.54, 1.807) is 35.5 Å². The fraction of sp³-hybridized carbons (Fsp3) is 1.00. The molecule has 0 aromatic heterocycles. The van der Waals surface area contributed by atoms with Gasteiger partial charge in [-0.2, -0.15) is 0 Å². The topological polar surface area (TPSA) is 55.4 Å². The van der Waals surface area contributed by atoms with Crippen molar-refractivity contribution in [3.63, 3.8) is 0 Å². The highest BCUT2D eigenvalue weighted by atomic mass is 29.7. The first-order valence-corrected chi connectivity index (χ1v) is 14.9. The SMILES string of the molecule is COC1(C)C[Si](C)(OC)[Si](OC)(OC)[Si](C)(OC)O1. The van der Waals surface area contributed by atoms with Crippen LogP contribution in [0.3, 0.4) is 0 Å². The van der Waals surface area contributed by atoms with Crippen LogP contribution in [0.25, 0.3) is 0 Å². The molecule has 0 bridgehead atoms. The molecule has 1 saturated heterocycles. The van der Waals surface area contributed by atoms with E-state index >= 15 is 0 Å². The van der Waals surface area contributed by atoms with Crippen molar-refractivity contribution in [2.45, 2.75) is 31.8 Å². The van der Waals surface area contributed by atoms with Crippen molar-refractivity contribution < 1.29 is 26.9 Å². The average molecular weight is 327 g/mol. The van der Waals surface area contributed by atoms with Crippen molar-refractivity contribution in [1.82, 2.24) is 0 Å². The second-order valence-electron chi connectivity index (χ2n) is 5.23. The smallest absolute Gasteiger partial charge is 0.394 e. The summed E-state index contributed by atoms with van der Waals surface area (Å²) in [6, 6.07) is 0.660. The first kappa shape index (κ1) is 17.5. The number of hydrogen-bond donors (Lipinski definition) is 0. The molecule has 0 aliphatic carbocycles. The Labute approximate surface area is 118 Å². The molecule has 1 rings (SSSR count). The normalized spacial score (nSPS) is 42.3. The second kappa shape index (κ2) is 5.66. The standard InChI is InChI=1S/C10H26O6Si3/c1-10(11-2)9-17(7,12-3)19(14-5,15-6)18(8,13-4)16-10/h9H2,1-8H3. The van der Waals surface area contributed by atoms with Crippen molar-refractivity contribution in [3.05, 3.63) is 0 Å². The van der Waals surface area contributed by atoms with Gasteiger partial charge in [-0.05, 0) is 20.0 Å². The minimum Gasteiger partial charge on any atom is -0.417 e. The molecule has 6 nitrogen and oxygen atoms in total. The number of hydrogen-bond acceptors (Lipinski definition) is 6. The number of rotatable bonds is 5. The molecule has 1 heterocycles. The Hall–Kier alpha value is 0.411. The summed E-state index contributed by atoms with van der Waals surface area (Å²) in [7, 11) is 0.622. The lowest BCUT2D eigenvalue weighted by Crippen LogP contribution is -2.86. The van der Waals surface area contributed by atoms with Gasteiger partial charge in [-0.3, -0.25) is 0 Å². The summed E-state index contributed by atoms with van der Waals surface area (Å²) in [5.41, 5.74) is 0. The quantitative estimate of drug-likeness (QED) is 0.708. The molecule has 1 aliphatic heterocycles. The van der Waals surface area contributed by atoms with Crippen LogP contribution in [-0.4, -0.2) is 64.8 Å². The van der Waals surface area contributed by atoms with Gasteiger partial charge in [0.2, 0.25) is 7.83 Å². The summed E-state index contributed by atoms with van der Waals surface area (Å²) in [5.74, 6) is -0.707. The van der Waals surface area contributed by atoms with E-state index in [-0.39, 0.29) is 0 Å². The average Bonchev–Trinajstić information content (AvgIpc) is 2.39. The van der Waals surface area contributed by atoms with Gasteiger partial charge in [0.05, 0.1) is 0 Å². The first-order valence-electron chi connectivity index (χ1n) is 6.18. The maximum atomic E-state index is 6.22. The van der Waals surface area contributed by atoms with E-state index in [0.717, 1.165) is 0 Å². The molecule has 0 radical (unpaired) electrons. The highest BCUT2D eigenvalue weighted by Crippen LogP contribution is 2.45. The molecule has 1 fully saturated rings. The predicted molar refractivity (Wildman–Crippen MR) is 78.3 cm³/mol. The highest BCUT2D eigenvalue weighted by Gasteiger charge is 2.78. The summed E-state index contributed by atoms with van der Waals surface area (Å²) >= 11 is 0. The van der Waals surface area contributed by atoms with Gasteiger partial charge in [0, 0.05) is 41.6 Å². The van der Waals surface area contributed by atoms with E-state index in [1.807, 2.05) is 13.5 Å². The highest BCUT2D eigenvalue weighted by molar-refractivity contribution is 7.61. The molecule has 3 atom stereocenters. The van der Waals surface area contributed by atoms with Crippen molar-refractivity contribution in [3.8, 4) is 0 Å². The Morgan fingerprint density at radius 1 is 0.895 bits per heavy atom. The molecule has 1 aliphatic rings. The fourth-order valence-electron chi connectivity index (χ4n) is 3.11. The molecular weight excluding hydrogens is 300 g/mol. The van der Waals surface area contributed by atoms with Crippen molar-refractivity contribution >= 4 is 23.5 Å². The molecule has 19 heavy (non-hydrogen) atoms. The summed E-state index contributed by atoms with van der Waals surface area (Å²) < 4.78 is 35.2. The summed E-state index contributed by atoms with van der Waals surface area (Å²) in [5, 5.41) is 0. The lowest BCUT2D eigenvalue weighted by molar-refractivity contribution is -0.154. The van der Waals surface area contributed by atoms with Crippen LogP contribution in [-0.2, 0) is 26.9 Å². The van der Waals surface area contributed by atoms with Gasteiger partial charge >= 0.3 is 15.7 Å². The summed E-state index contributed by atoms with van der Waals surface area (Å²) in [6.07, 6.45) is 0. The molecule has 3 unspecified atom stereocenters. The Morgan fingerprint density at radius 2 is 1.42 bits per heavy atom. The van der Waals surface area contributed by atoms with E-state index in [9.17, 15) is 0 Å². The Balaban J connectivity index is 3.41. The third-order valence-corrected chi connectivity index (χ3v) is 32.9. The van der Waals surface area contributed by atoms with Gasteiger partial charge in [-0.25, -0.2) is 0 Å². The minimum atomic E-state index is -2.71. The first-order chi connectivity index (χ1) is 8.72. The largest absolute Gasteiger partial charge is 0.417 e. The van der Waals surface area contributed by atoms with Gasteiger partial charge in [-0.15, -0.1) is 0 Å². The van der Waals surface area contributed by atoms with Gasteiger partial charge in [0.1, 0.15) is 0 Å². The van der Waals surface area contributed by atoms with Crippen LogP contribution in [0.4, 0.5) is 0 Å². The Morgan fingerprint density at radius 3 is 1.74 bits per heavy atom. The predicted octanol–water partition coefficient (Wildman–Crippen LogP) is 1.21. The second-order valence-corrected chi connectivity index (χ2v) is 24.4.